The lowest BCUT2D eigenvalue weighted by molar-refractivity contribution is -0.205. The summed E-state index contributed by atoms with van der Waals surface area (Å²) in [7, 11) is -17.4. The van der Waals surface area contributed by atoms with Gasteiger partial charge in [0, 0.05) is 0 Å². The minimum Gasteiger partial charge on any atom is -0.385 e. The number of aromatic nitrogens is 2. The van der Waals surface area contributed by atoms with Crippen molar-refractivity contribution >= 4 is 23.5 Å². The highest BCUT2D eigenvalue weighted by Gasteiger charge is 2.57. The Hall–Kier alpha value is -1.17. The Labute approximate surface area is 167 Å². The first-order valence-corrected chi connectivity index (χ1v) is 11.9. The van der Waals surface area contributed by atoms with Gasteiger partial charge in [-0.15, -0.1) is 0 Å². The number of phosphoric ester groups is 1. The van der Waals surface area contributed by atoms with E-state index in [0.29, 0.717) is 0 Å². The molecule has 178 valence electrons. The number of H-pyrrole nitrogens is 1. The van der Waals surface area contributed by atoms with Gasteiger partial charge in [0.15, 0.2) is 6.23 Å². The van der Waals surface area contributed by atoms with Crippen molar-refractivity contribution in [2.75, 3.05) is 6.61 Å². The molecule has 0 spiro atoms. The van der Waals surface area contributed by atoms with Crippen LogP contribution in [0.4, 0.5) is 8.78 Å². The highest BCUT2D eigenvalue weighted by Crippen LogP contribution is 2.66. The van der Waals surface area contributed by atoms with Crippen LogP contribution >= 0.6 is 23.5 Å². The minimum absolute atomic E-state index is 0.136. The average Bonchev–Trinajstić information content (AvgIpc) is 2.78. The van der Waals surface area contributed by atoms with E-state index >= 15 is 0 Å². The average molecular weight is 520 g/mol. The first-order chi connectivity index (χ1) is 13.9. The molecular formula is C9H13F2N2O15P3. The number of hydrogen-bond donors (Lipinski definition) is 7. The quantitative estimate of drug-likeness (QED) is 0.182. The van der Waals surface area contributed by atoms with Crippen molar-refractivity contribution in [2.24, 2.45) is 0 Å². The molecule has 2 unspecified atom stereocenters. The van der Waals surface area contributed by atoms with Crippen LogP contribution in [0.3, 0.4) is 0 Å². The highest BCUT2D eigenvalue weighted by atomic mass is 31.3. The van der Waals surface area contributed by atoms with E-state index in [2.05, 4.69) is 17.9 Å². The maximum atomic E-state index is 14.8. The van der Waals surface area contributed by atoms with Gasteiger partial charge in [0.05, 0.1) is 6.20 Å². The van der Waals surface area contributed by atoms with Gasteiger partial charge in [-0.25, -0.2) is 22.9 Å². The Kier molecular flexibility index (Phi) is 7.27. The topological polar surface area (TPSA) is 264 Å². The smallest absolute Gasteiger partial charge is 0.385 e. The Balaban J connectivity index is 2.18. The lowest BCUT2D eigenvalue weighted by Gasteiger charge is -2.24. The molecule has 0 aliphatic carbocycles. The van der Waals surface area contributed by atoms with Gasteiger partial charge in [0.2, 0.25) is 5.82 Å². The number of alkyl halides is 1. The molecule has 2 heterocycles. The summed E-state index contributed by atoms with van der Waals surface area (Å²) in [5.74, 6) is -5.18. The fraction of sp³-hybridized carbons (Fsp3) is 0.556. The third kappa shape index (κ3) is 6.43. The maximum Gasteiger partial charge on any atom is 0.490 e. The van der Waals surface area contributed by atoms with E-state index in [-0.39, 0.29) is 10.8 Å². The zero-order valence-corrected chi connectivity index (χ0v) is 17.1. The third-order valence-corrected chi connectivity index (χ3v) is 7.20. The van der Waals surface area contributed by atoms with Gasteiger partial charge < -0.3 is 34.5 Å². The number of nitrogens with zero attached hydrogens (tertiary/aromatic N) is 1. The molecule has 0 saturated carbocycles. The number of ether oxygens (including phenoxy) is 1. The minimum atomic E-state index is -5.92. The standard InChI is InChI=1S/C9H13F2N2O15P3/c10-3-1-13(8(17)12-6(3)16)7-4(14)5(15)9(11,26-7)2-25-30(21,22)28-31(23,24)27-29(18,19)20/h1,4-5,7,14-15H,2H2,(H,21,22)(H,23,24)(H,12,16,17)(H2,18,19,20)/t4-,5+,7-,9-/m1/s1. The number of phosphoric acid groups is 3. The molecule has 1 aromatic rings. The lowest BCUT2D eigenvalue weighted by atomic mass is 10.1. The molecule has 17 nitrogen and oxygen atoms in total. The van der Waals surface area contributed by atoms with Gasteiger partial charge in [-0.05, 0) is 0 Å². The van der Waals surface area contributed by atoms with Gasteiger partial charge in [0.1, 0.15) is 18.8 Å². The van der Waals surface area contributed by atoms with E-state index in [1.165, 1.54) is 4.98 Å². The normalized spacial score (nSPS) is 30.6. The zero-order valence-electron chi connectivity index (χ0n) is 14.4. The van der Waals surface area contributed by atoms with E-state index in [9.17, 15) is 47.2 Å². The number of aromatic amines is 1. The van der Waals surface area contributed by atoms with Gasteiger partial charge in [-0.3, -0.25) is 18.9 Å². The van der Waals surface area contributed by atoms with Gasteiger partial charge in [-0.1, -0.05) is 0 Å². The Morgan fingerprint density at radius 1 is 1.13 bits per heavy atom. The number of aliphatic hydroxyl groups excluding tert-OH is 2. The summed E-state index contributed by atoms with van der Waals surface area (Å²) in [6, 6.07) is 0. The Morgan fingerprint density at radius 3 is 2.26 bits per heavy atom. The number of hydrogen-bond acceptors (Lipinski definition) is 11. The van der Waals surface area contributed by atoms with Crippen LogP contribution in [-0.4, -0.2) is 64.0 Å². The fourth-order valence-corrected chi connectivity index (χ4v) is 5.25. The number of rotatable bonds is 8. The van der Waals surface area contributed by atoms with Crippen molar-refractivity contribution in [1.29, 1.82) is 0 Å². The van der Waals surface area contributed by atoms with Crippen LogP contribution in [0.25, 0.3) is 0 Å². The second-order valence-corrected chi connectivity index (χ2v) is 10.2. The summed E-state index contributed by atoms with van der Waals surface area (Å²) in [6.45, 7) is -1.84. The molecule has 22 heteroatoms. The Bertz CT molecular complexity index is 1100. The predicted molar refractivity (Wildman–Crippen MR) is 87.1 cm³/mol. The third-order valence-electron chi connectivity index (χ3n) is 3.41. The number of halogens is 2. The number of nitrogens with one attached hydrogen (secondary N) is 1. The van der Waals surface area contributed by atoms with Crippen molar-refractivity contribution in [1.82, 2.24) is 9.55 Å². The molecule has 0 radical (unpaired) electrons. The second kappa shape index (κ2) is 8.64. The molecule has 0 aromatic carbocycles. The molecule has 2 rings (SSSR count). The second-order valence-electron chi connectivity index (χ2n) is 5.74. The number of aliphatic hydroxyl groups is 2. The van der Waals surface area contributed by atoms with E-state index in [1.54, 1.807) is 0 Å². The lowest BCUT2D eigenvalue weighted by Crippen LogP contribution is -2.43. The fourth-order valence-electron chi connectivity index (χ4n) is 2.21. The summed E-state index contributed by atoms with van der Waals surface area (Å²) >= 11 is 0. The molecule has 0 bridgehead atoms. The van der Waals surface area contributed by atoms with E-state index in [4.69, 9.17) is 14.7 Å². The van der Waals surface area contributed by atoms with Crippen LogP contribution in [0.2, 0.25) is 0 Å². The first kappa shape index (κ1) is 26.1. The van der Waals surface area contributed by atoms with Crippen molar-refractivity contribution < 1.29 is 70.1 Å². The summed E-state index contributed by atoms with van der Waals surface area (Å²) in [5.41, 5.74) is -2.87. The van der Waals surface area contributed by atoms with E-state index < -0.39 is 71.4 Å². The van der Waals surface area contributed by atoms with Crippen LogP contribution in [0.15, 0.2) is 15.8 Å². The summed E-state index contributed by atoms with van der Waals surface area (Å²) in [6.07, 6.45) is -6.96. The van der Waals surface area contributed by atoms with Crippen molar-refractivity contribution in [3.05, 3.63) is 32.9 Å². The van der Waals surface area contributed by atoms with Gasteiger partial charge >= 0.3 is 29.2 Å². The van der Waals surface area contributed by atoms with Crippen LogP contribution in [0.5, 0.6) is 0 Å². The van der Waals surface area contributed by atoms with Crippen LogP contribution in [0, 0.1) is 5.82 Å². The van der Waals surface area contributed by atoms with Crippen molar-refractivity contribution in [3.63, 3.8) is 0 Å². The molecular weight excluding hydrogens is 507 g/mol. The molecule has 1 aromatic heterocycles. The monoisotopic (exact) mass is 520 g/mol. The molecule has 1 fully saturated rings. The van der Waals surface area contributed by atoms with Crippen LogP contribution < -0.4 is 11.2 Å². The summed E-state index contributed by atoms with van der Waals surface area (Å²) < 4.78 is 77.0. The molecule has 1 saturated heterocycles. The van der Waals surface area contributed by atoms with E-state index in [0.717, 1.165) is 0 Å². The largest absolute Gasteiger partial charge is 0.490 e. The molecule has 7 N–H and O–H groups in total. The van der Waals surface area contributed by atoms with Crippen LogP contribution in [-0.2, 0) is 31.6 Å². The van der Waals surface area contributed by atoms with Crippen LogP contribution in [0.1, 0.15) is 6.23 Å². The molecule has 31 heavy (non-hydrogen) atoms. The summed E-state index contributed by atoms with van der Waals surface area (Å²) in [5, 5.41) is 19.7. The summed E-state index contributed by atoms with van der Waals surface area (Å²) in [4.78, 5) is 59.3. The molecule has 0 amide bonds. The van der Waals surface area contributed by atoms with Gasteiger partial charge in [-0.2, -0.15) is 13.0 Å². The van der Waals surface area contributed by atoms with E-state index in [1.807, 2.05) is 0 Å². The van der Waals surface area contributed by atoms with Crippen molar-refractivity contribution in [2.45, 2.75) is 24.3 Å². The molecule has 1 aliphatic rings. The molecule has 1 aliphatic heterocycles. The van der Waals surface area contributed by atoms with Gasteiger partial charge in [0.25, 0.3) is 11.4 Å². The SMILES string of the molecule is O=c1[nH]c(=O)n([C@@H]2O[C@](F)(COP(=O)(O)OP(=O)(O)OP(=O)(O)O)[C@@H](O)[C@H]2O)cc1F. The predicted octanol–water partition coefficient (Wildman–Crippen LogP) is -2.06. The Morgan fingerprint density at radius 2 is 1.71 bits per heavy atom. The highest BCUT2D eigenvalue weighted by molar-refractivity contribution is 7.66. The molecule has 6 atom stereocenters. The maximum absolute atomic E-state index is 14.8. The van der Waals surface area contributed by atoms with Crippen molar-refractivity contribution in [3.8, 4) is 0 Å². The first-order valence-electron chi connectivity index (χ1n) is 7.38. The zero-order chi connectivity index (χ0) is 24.0.